The van der Waals surface area contributed by atoms with Gasteiger partial charge in [0.05, 0.1) is 11.3 Å². The number of carbonyl (C=O) groups excluding carboxylic acids is 1. The summed E-state index contributed by atoms with van der Waals surface area (Å²) in [5.74, 6) is -1.78. The van der Waals surface area contributed by atoms with E-state index in [-0.39, 0.29) is 17.1 Å². The molecule has 0 bridgehead atoms. The van der Waals surface area contributed by atoms with Crippen LogP contribution in [0.15, 0.2) is 100 Å². The first-order valence-electron chi connectivity index (χ1n) is 8.37. The number of nitrogens with one attached hydrogen (secondary N) is 1. The molecule has 0 atom stereocenters. The minimum absolute atomic E-state index is 0.0196. The van der Waals surface area contributed by atoms with Crippen LogP contribution >= 0.6 is 0 Å². The first-order chi connectivity index (χ1) is 13.6. The number of hydrogen-bond acceptors (Lipinski definition) is 5. The Morgan fingerprint density at radius 2 is 1.39 bits per heavy atom. The number of carbonyl (C=O) groups is 2. The third-order valence-corrected chi connectivity index (χ3v) is 3.69. The van der Waals surface area contributed by atoms with Gasteiger partial charge in [-0.3, -0.25) is 10.2 Å². The number of benzene rings is 3. The average Bonchev–Trinajstić information content (AvgIpc) is 2.75. The highest BCUT2D eigenvalue weighted by molar-refractivity contribution is 6.45. The van der Waals surface area contributed by atoms with Gasteiger partial charge in [-0.15, -0.1) is 15.3 Å². The molecular formula is C21H16N4O3. The van der Waals surface area contributed by atoms with E-state index in [9.17, 15) is 14.7 Å². The van der Waals surface area contributed by atoms with E-state index in [0.717, 1.165) is 0 Å². The Bertz CT molecular complexity index is 1030. The SMILES string of the molecule is O=C(C(N=Nc1ccccc1C(=O)O)=NNc1ccccc1)c1ccccc1. The molecule has 0 aromatic heterocycles. The van der Waals surface area contributed by atoms with Crippen LogP contribution in [-0.2, 0) is 0 Å². The molecule has 7 heteroatoms. The summed E-state index contributed by atoms with van der Waals surface area (Å²) < 4.78 is 0. The maximum atomic E-state index is 12.8. The van der Waals surface area contributed by atoms with Crippen molar-refractivity contribution in [3.8, 4) is 0 Å². The standard InChI is InChI=1S/C21H16N4O3/c26-19(15-9-3-1-4-10-15)20(24-22-16-11-5-2-6-12-16)25-23-18-14-8-7-13-17(18)21(27)28/h1-14,22H,(H,27,28). The van der Waals surface area contributed by atoms with Crippen molar-refractivity contribution in [1.29, 1.82) is 0 Å². The second kappa shape index (κ2) is 9.00. The monoisotopic (exact) mass is 372 g/mol. The lowest BCUT2D eigenvalue weighted by atomic mass is 10.1. The highest BCUT2D eigenvalue weighted by Crippen LogP contribution is 2.19. The van der Waals surface area contributed by atoms with Crippen molar-refractivity contribution in [2.45, 2.75) is 0 Å². The minimum atomic E-state index is -1.13. The molecular weight excluding hydrogens is 356 g/mol. The highest BCUT2D eigenvalue weighted by atomic mass is 16.4. The zero-order chi connectivity index (χ0) is 19.8. The second-order valence-electron chi connectivity index (χ2n) is 5.63. The van der Waals surface area contributed by atoms with Crippen molar-refractivity contribution in [3.63, 3.8) is 0 Å². The number of hydrogen-bond donors (Lipinski definition) is 2. The molecule has 0 aliphatic heterocycles. The van der Waals surface area contributed by atoms with E-state index in [0.29, 0.717) is 11.3 Å². The predicted molar refractivity (Wildman–Crippen MR) is 106 cm³/mol. The molecule has 0 saturated heterocycles. The third kappa shape index (κ3) is 4.73. The zero-order valence-corrected chi connectivity index (χ0v) is 14.7. The fourth-order valence-electron chi connectivity index (χ4n) is 2.31. The molecule has 0 saturated carbocycles. The number of anilines is 1. The molecule has 138 valence electrons. The number of hydrazone groups is 1. The van der Waals surface area contributed by atoms with Crippen LogP contribution in [0.4, 0.5) is 11.4 Å². The molecule has 0 aliphatic carbocycles. The topological polar surface area (TPSA) is 103 Å². The van der Waals surface area contributed by atoms with Gasteiger partial charge in [0.25, 0.3) is 0 Å². The quantitative estimate of drug-likeness (QED) is 0.214. The largest absolute Gasteiger partial charge is 0.478 e. The average molecular weight is 372 g/mol. The van der Waals surface area contributed by atoms with Gasteiger partial charge in [0.1, 0.15) is 5.69 Å². The molecule has 0 unspecified atom stereocenters. The predicted octanol–water partition coefficient (Wildman–Crippen LogP) is 4.78. The Balaban J connectivity index is 1.94. The second-order valence-corrected chi connectivity index (χ2v) is 5.63. The Kier molecular flexibility index (Phi) is 5.99. The van der Waals surface area contributed by atoms with Crippen LogP contribution in [0, 0.1) is 0 Å². The number of para-hydroxylation sites is 1. The van der Waals surface area contributed by atoms with Crippen molar-refractivity contribution in [3.05, 3.63) is 96.1 Å². The van der Waals surface area contributed by atoms with Crippen LogP contribution in [-0.4, -0.2) is 22.7 Å². The summed E-state index contributed by atoms with van der Waals surface area (Å²) >= 11 is 0. The van der Waals surface area contributed by atoms with E-state index >= 15 is 0 Å². The van der Waals surface area contributed by atoms with Crippen LogP contribution in [0.3, 0.4) is 0 Å². The Morgan fingerprint density at radius 1 is 0.786 bits per heavy atom. The Morgan fingerprint density at radius 3 is 2.07 bits per heavy atom. The van der Waals surface area contributed by atoms with Crippen molar-refractivity contribution < 1.29 is 14.7 Å². The summed E-state index contributed by atoms with van der Waals surface area (Å²) in [4.78, 5) is 24.1. The summed E-state index contributed by atoms with van der Waals surface area (Å²) in [6.07, 6.45) is 0. The van der Waals surface area contributed by atoms with Gasteiger partial charge in [-0.05, 0) is 24.3 Å². The van der Waals surface area contributed by atoms with Gasteiger partial charge < -0.3 is 5.11 Å². The van der Waals surface area contributed by atoms with Crippen molar-refractivity contribution >= 4 is 29.0 Å². The van der Waals surface area contributed by atoms with Crippen LogP contribution in [0.2, 0.25) is 0 Å². The molecule has 0 heterocycles. The Labute approximate surface area is 161 Å². The van der Waals surface area contributed by atoms with E-state index in [1.807, 2.05) is 18.2 Å². The summed E-state index contributed by atoms with van der Waals surface area (Å²) in [7, 11) is 0. The molecule has 0 spiro atoms. The number of ketones is 1. The number of nitrogens with zero attached hydrogens (tertiary/aromatic N) is 3. The first-order valence-corrected chi connectivity index (χ1v) is 8.37. The summed E-state index contributed by atoms with van der Waals surface area (Å²) in [6.45, 7) is 0. The van der Waals surface area contributed by atoms with Gasteiger partial charge in [0.15, 0.2) is 0 Å². The highest BCUT2D eigenvalue weighted by Gasteiger charge is 2.15. The van der Waals surface area contributed by atoms with Crippen LogP contribution in [0.25, 0.3) is 0 Å². The van der Waals surface area contributed by atoms with Crippen molar-refractivity contribution in [1.82, 2.24) is 0 Å². The number of Topliss-reactive ketones (excluding diaryl/α,β-unsaturated/α-hetero) is 1. The lowest BCUT2D eigenvalue weighted by molar-refractivity contribution is 0.0697. The molecule has 0 radical (unpaired) electrons. The fourth-order valence-corrected chi connectivity index (χ4v) is 2.31. The lowest BCUT2D eigenvalue weighted by Gasteiger charge is -2.03. The molecule has 0 fully saturated rings. The third-order valence-electron chi connectivity index (χ3n) is 3.69. The van der Waals surface area contributed by atoms with Crippen LogP contribution < -0.4 is 5.43 Å². The van der Waals surface area contributed by atoms with Gasteiger partial charge in [-0.2, -0.15) is 0 Å². The van der Waals surface area contributed by atoms with Crippen molar-refractivity contribution in [2.75, 3.05) is 5.43 Å². The molecule has 28 heavy (non-hydrogen) atoms. The van der Waals surface area contributed by atoms with E-state index < -0.39 is 11.8 Å². The molecule has 0 aliphatic rings. The zero-order valence-electron chi connectivity index (χ0n) is 14.7. The van der Waals surface area contributed by atoms with E-state index in [1.54, 1.807) is 54.6 Å². The van der Waals surface area contributed by atoms with Crippen molar-refractivity contribution in [2.24, 2.45) is 15.3 Å². The smallest absolute Gasteiger partial charge is 0.337 e. The number of carboxylic acids is 1. The van der Waals surface area contributed by atoms with E-state index in [1.165, 1.54) is 12.1 Å². The number of aromatic carboxylic acids is 1. The summed E-state index contributed by atoms with van der Waals surface area (Å²) in [5, 5.41) is 21.2. The fraction of sp³-hybridized carbons (Fsp3) is 0. The molecule has 3 aromatic rings. The van der Waals surface area contributed by atoms with Gasteiger partial charge in [0.2, 0.25) is 11.6 Å². The van der Waals surface area contributed by atoms with Gasteiger partial charge in [-0.1, -0.05) is 60.7 Å². The molecule has 2 N–H and O–H groups in total. The maximum Gasteiger partial charge on any atom is 0.337 e. The van der Waals surface area contributed by atoms with Gasteiger partial charge >= 0.3 is 5.97 Å². The van der Waals surface area contributed by atoms with Gasteiger partial charge in [-0.25, -0.2) is 4.79 Å². The van der Waals surface area contributed by atoms with Crippen LogP contribution in [0.5, 0.6) is 0 Å². The maximum absolute atomic E-state index is 12.8. The van der Waals surface area contributed by atoms with E-state index in [4.69, 9.17) is 0 Å². The van der Waals surface area contributed by atoms with Gasteiger partial charge in [0, 0.05) is 5.56 Å². The normalized spacial score (nSPS) is 11.4. The minimum Gasteiger partial charge on any atom is -0.478 e. The first kappa shape index (κ1) is 18.7. The number of amidine groups is 1. The summed E-state index contributed by atoms with van der Waals surface area (Å²) in [5.41, 5.74) is 3.93. The molecule has 3 aromatic carbocycles. The number of azo groups is 1. The number of rotatable bonds is 6. The summed E-state index contributed by atoms with van der Waals surface area (Å²) in [6, 6.07) is 23.7. The lowest BCUT2D eigenvalue weighted by Crippen LogP contribution is -2.13. The molecule has 0 amide bonds. The van der Waals surface area contributed by atoms with E-state index in [2.05, 4.69) is 20.8 Å². The Hall–Kier alpha value is -4.13. The molecule has 7 nitrogen and oxygen atoms in total. The number of carboxylic acid groups (broad SMARTS) is 1. The molecule has 3 rings (SSSR count). The van der Waals surface area contributed by atoms with Crippen LogP contribution in [0.1, 0.15) is 20.7 Å².